The molecule has 3 heterocycles. The van der Waals surface area contributed by atoms with E-state index >= 15 is 0 Å². The van der Waals surface area contributed by atoms with Crippen molar-refractivity contribution in [2.75, 3.05) is 4.90 Å². The van der Waals surface area contributed by atoms with Crippen molar-refractivity contribution < 1.29 is 4.39 Å². The number of thiocarbonyl (C=S) groups is 1. The first-order valence-electron chi connectivity index (χ1n) is 8.47. The van der Waals surface area contributed by atoms with E-state index in [1.807, 2.05) is 30.0 Å². The van der Waals surface area contributed by atoms with Gasteiger partial charge in [-0.3, -0.25) is 4.98 Å². The first-order chi connectivity index (χ1) is 12.5. The number of H-pyrrole nitrogens is 1. The molecule has 0 saturated carbocycles. The van der Waals surface area contributed by atoms with Gasteiger partial charge in [0.2, 0.25) is 0 Å². The van der Waals surface area contributed by atoms with E-state index in [0.717, 1.165) is 28.3 Å². The molecule has 26 heavy (non-hydrogen) atoms. The van der Waals surface area contributed by atoms with Gasteiger partial charge in [-0.2, -0.15) is 0 Å². The van der Waals surface area contributed by atoms with Gasteiger partial charge in [-0.1, -0.05) is 6.07 Å². The maximum atomic E-state index is 13.4. The quantitative estimate of drug-likeness (QED) is 0.677. The van der Waals surface area contributed by atoms with Gasteiger partial charge in [0.05, 0.1) is 17.8 Å². The summed E-state index contributed by atoms with van der Waals surface area (Å²) in [5.74, 6) is -0.265. The first kappa shape index (κ1) is 16.7. The van der Waals surface area contributed by atoms with Crippen LogP contribution in [0.25, 0.3) is 0 Å². The number of nitrogens with one attached hydrogen (secondary N) is 2. The van der Waals surface area contributed by atoms with Crippen LogP contribution in [0, 0.1) is 19.7 Å². The summed E-state index contributed by atoms with van der Waals surface area (Å²) in [6.07, 6.45) is 1.78. The molecule has 2 aromatic heterocycles. The van der Waals surface area contributed by atoms with Crippen molar-refractivity contribution in [1.82, 2.24) is 15.3 Å². The van der Waals surface area contributed by atoms with Crippen molar-refractivity contribution in [2.45, 2.75) is 25.9 Å². The number of hydrogen-bond acceptors (Lipinski definition) is 2. The first-order valence-corrected chi connectivity index (χ1v) is 8.88. The van der Waals surface area contributed by atoms with Crippen LogP contribution in [0.3, 0.4) is 0 Å². The van der Waals surface area contributed by atoms with Crippen molar-refractivity contribution in [2.24, 2.45) is 0 Å². The monoisotopic (exact) mass is 366 g/mol. The van der Waals surface area contributed by atoms with E-state index in [2.05, 4.69) is 28.3 Å². The highest BCUT2D eigenvalue weighted by Crippen LogP contribution is 2.42. The second kappa shape index (κ2) is 6.53. The third kappa shape index (κ3) is 2.86. The smallest absolute Gasteiger partial charge is 0.174 e. The van der Waals surface area contributed by atoms with Crippen molar-refractivity contribution in [3.05, 3.63) is 83.2 Å². The SMILES string of the molecule is Cc1cc([C@@H]2[C@@H](c3ccccn3)NC(=S)N2c2ccc(F)cc2)c(C)[nH]1. The van der Waals surface area contributed by atoms with Crippen LogP contribution in [0.5, 0.6) is 0 Å². The number of hydrogen-bond donors (Lipinski definition) is 2. The Bertz CT molecular complexity index is 936. The van der Waals surface area contributed by atoms with Crippen LogP contribution < -0.4 is 10.2 Å². The maximum Gasteiger partial charge on any atom is 0.174 e. The normalized spacial score (nSPS) is 19.7. The van der Waals surface area contributed by atoms with Crippen molar-refractivity contribution >= 4 is 23.0 Å². The number of aromatic nitrogens is 2. The van der Waals surface area contributed by atoms with E-state index in [1.165, 1.54) is 12.1 Å². The molecule has 1 aliphatic heterocycles. The van der Waals surface area contributed by atoms with Gasteiger partial charge in [0.1, 0.15) is 5.82 Å². The minimum absolute atomic E-state index is 0.0761. The lowest BCUT2D eigenvalue weighted by Crippen LogP contribution is -2.29. The Morgan fingerprint density at radius 1 is 1.12 bits per heavy atom. The molecular weight excluding hydrogens is 347 g/mol. The van der Waals surface area contributed by atoms with Crippen LogP contribution in [0.4, 0.5) is 10.1 Å². The molecule has 1 fully saturated rings. The van der Waals surface area contributed by atoms with E-state index in [1.54, 1.807) is 18.3 Å². The Kier molecular flexibility index (Phi) is 4.20. The van der Waals surface area contributed by atoms with E-state index in [-0.39, 0.29) is 17.9 Å². The molecule has 4 rings (SSSR count). The number of aromatic amines is 1. The number of rotatable bonds is 3. The van der Waals surface area contributed by atoms with Gasteiger partial charge in [-0.05, 0) is 74.1 Å². The van der Waals surface area contributed by atoms with Crippen LogP contribution in [0.15, 0.2) is 54.7 Å². The predicted molar refractivity (Wildman–Crippen MR) is 105 cm³/mol. The molecule has 0 aliphatic carbocycles. The second-order valence-corrected chi connectivity index (χ2v) is 6.89. The summed E-state index contributed by atoms with van der Waals surface area (Å²) in [6, 6.07) is 14.3. The molecule has 6 heteroatoms. The van der Waals surface area contributed by atoms with E-state index < -0.39 is 0 Å². The Balaban J connectivity index is 1.85. The number of nitrogens with zero attached hydrogens (tertiary/aromatic N) is 2. The average molecular weight is 366 g/mol. The molecule has 0 radical (unpaired) electrons. The molecule has 0 amide bonds. The van der Waals surface area contributed by atoms with E-state index in [0.29, 0.717) is 5.11 Å². The average Bonchev–Trinajstić information content (AvgIpc) is 3.15. The van der Waals surface area contributed by atoms with Gasteiger partial charge >= 0.3 is 0 Å². The molecule has 3 aromatic rings. The molecule has 1 aromatic carbocycles. The highest BCUT2D eigenvalue weighted by Gasteiger charge is 2.41. The summed E-state index contributed by atoms with van der Waals surface area (Å²) in [5, 5.41) is 4.01. The highest BCUT2D eigenvalue weighted by molar-refractivity contribution is 7.80. The number of aryl methyl sites for hydroxylation is 2. The zero-order valence-corrected chi connectivity index (χ0v) is 15.3. The van der Waals surface area contributed by atoms with Gasteiger partial charge in [-0.25, -0.2) is 4.39 Å². The van der Waals surface area contributed by atoms with Crippen LogP contribution in [0.2, 0.25) is 0 Å². The minimum Gasteiger partial charge on any atom is -0.362 e. The van der Waals surface area contributed by atoms with Gasteiger partial charge in [0.15, 0.2) is 5.11 Å². The van der Waals surface area contributed by atoms with Crippen LogP contribution in [-0.2, 0) is 0 Å². The lowest BCUT2D eigenvalue weighted by atomic mass is 9.96. The standard InChI is InChI=1S/C20H19FN4S/c1-12-11-16(13(2)23-12)19-18(17-5-3-4-10-22-17)24-20(26)25(19)15-8-6-14(21)7-9-15/h3-11,18-19,23H,1-2H3,(H,24,26)/t18-,19-/m1/s1. The van der Waals surface area contributed by atoms with E-state index in [4.69, 9.17) is 12.2 Å². The van der Waals surface area contributed by atoms with Gasteiger partial charge < -0.3 is 15.2 Å². The van der Waals surface area contributed by atoms with Crippen molar-refractivity contribution in [3.8, 4) is 0 Å². The molecule has 132 valence electrons. The largest absolute Gasteiger partial charge is 0.362 e. The summed E-state index contributed by atoms with van der Waals surface area (Å²) in [7, 11) is 0. The summed E-state index contributed by atoms with van der Waals surface area (Å²) < 4.78 is 13.4. The minimum atomic E-state index is -0.265. The molecule has 1 aliphatic rings. The molecule has 0 unspecified atom stereocenters. The summed E-state index contributed by atoms with van der Waals surface area (Å²) >= 11 is 5.64. The summed E-state index contributed by atoms with van der Waals surface area (Å²) in [4.78, 5) is 9.95. The molecular formula is C20H19FN4S. The highest BCUT2D eigenvalue weighted by atomic mass is 32.1. The maximum absolute atomic E-state index is 13.4. The number of pyridine rings is 1. The Labute approximate surface area is 157 Å². The molecule has 0 spiro atoms. The fraction of sp³-hybridized carbons (Fsp3) is 0.200. The van der Waals surface area contributed by atoms with Crippen molar-refractivity contribution in [3.63, 3.8) is 0 Å². The zero-order valence-electron chi connectivity index (χ0n) is 14.5. The summed E-state index contributed by atoms with van der Waals surface area (Å²) in [6.45, 7) is 4.09. The second-order valence-electron chi connectivity index (χ2n) is 6.51. The van der Waals surface area contributed by atoms with Gasteiger partial charge in [0, 0.05) is 23.3 Å². The molecule has 2 N–H and O–H groups in total. The lowest BCUT2D eigenvalue weighted by molar-refractivity contribution is 0.565. The molecule has 4 nitrogen and oxygen atoms in total. The molecule has 0 bridgehead atoms. The van der Waals surface area contributed by atoms with Crippen molar-refractivity contribution in [1.29, 1.82) is 0 Å². The zero-order chi connectivity index (χ0) is 18.3. The predicted octanol–water partition coefficient (Wildman–Crippen LogP) is 4.34. The fourth-order valence-corrected chi connectivity index (χ4v) is 3.95. The topological polar surface area (TPSA) is 44.0 Å². The van der Waals surface area contributed by atoms with Gasteiger partial charge in [-0.15, -0.1) is 0 Å². The number of anilines is 1. The fourth-order valence-electron chi connectivity index (χ4n) is 3.60. The molecule has 2 atom stereocenters. The lowest BCUT2D eigenvalue weighted by Gasteiger charge is -2.28. The van der Waals surface area contributed by atoms with Gasteiger partial charge in [0.25, 0.3) is 0 Å². The number of halogens is 1. The summed E-state index contributed by atoms with van der Waals surface area (Å²) in [5.41, 5.74) is 5.10. The Morgan fingerprint density at radius 2 is 1.88 bits per heavy atom. The Hall–Kier alpha value is -2.73. The van der Waals surface area contributed by atoms with Crippen LogP contribution >= 0.6 is 12.2 Å². The third-order valence-electron chi connectivity index (χ3n) is 4.71. The van der Waals surface area contributed by atoms with Crippen LogP contribution in [0.1, 0.15) is 34.7 Å². The molecule has 1 saturated heterocycles. The third-order valence-corrected chi connectivity index (χ3v) is 5.03. The Morgan fingerprint density at radius 3 is 2.50 bits per heavy atom. The van der Waals surface area contributed by atoms with E-state index in [9.17, 15) is 4.39 Å². The number of benzene rings is 1. The van der Waals surface area contributed by atoms with Crippen LogP contribution in [-0.4, -0.2) is 15.1 Å².